The Balaban J connectivity index is 1.99. The first kappa shape index (κ1) is 15.1. The molecule has 1 fully saturated rings. The predicted octanol–water partition coefficient (Wildman–Crippen LogP) is 3.20. The van der Waals surface area contributed by atoms with Crippen molar-refractivity contribution in [1.29, 1.82) is 0 Å². The van der Waals surface area contributed by atoms with Gasteiger partial charge in [-0.1, -0.05) is 20.8 Å². The molecule has 1 heterocycles. The third-order valence-corrected chi connectivity index (χ3v) is 5.07. The summed E-state index contributed by atoms with van der Waals surface area (Å²) in [5, 5.41) is 12.9. The maximum Gasteiger partial charge on any atom is 0.307 e. The van der Waals surface area contributed by atoms with Crippen LogP contribution in [0, 0.1) is 24.2 Å². The van der Waals surface area contributed by atoms with E-state index in [9.17, 15) is 9.90 Å². The van der Waals surface area contributed by atoms with Gasteiger partial charge in [0.05, 0.1) is 12.5 Å². The molecule has 1 aromatic rings. The lowest BCUT2D eigenvalue weighted by Crippen LogP contribution is -2.50. The van der Waals surface area contributed by atoms with Crippen LogP contribution < -0.4 is 5.32 Å². The van der Waals surface area contributed by atoms with Crippen molar-refractivity contribution in [1.82, 2.24) is 5.32 Å². The topological polar surface area (TPSA) is 62.5 Å². The summed E-state index contributed by atoms with van der Waals surface area (Å²) in [6, 6.07) is 4.29. The van der Waals surface area contributed by atoms with Crippen LogP contribution in [0.3, 0.4) is 0 Å². The molecule has 1 aromatic heterocycles. The molecule has 20 heavy (non-hydrogen) atoms. The highest BCUT2D eigenvalue weighted by Gasteiger charge is 2.46. The highest BCUT2D eigenvalue weighted by molar-refractivity contribution is 5.71. The van der Waals surface area contributed by atoms with E-state index in [1.807, 2.05) is 19.1 Å². The molecule has 0 amide bonds. The molecule has 2 N–H and O–H groups in total. The number of nitrogens with one attached hydrogen (secondary N) is 1. The Morgan fingerprint density at radius 3 is 2.70 bits per heavy atom. The lowest BCUT2D eigenvalue weighted by atomic mass is 9.61. The number of furan rings is 1. The van der Waals surface area contributed by atoms with Gasteiger partial charge in [0, 0.05) is 6.04 Å². The summed E-state index contributed by atoms with van der Waals surface area (Å²) in [7, 11) is 0. The van der Waals surface area contributed by atoms with Crippen LogP contribution in [-0.4, -0.2) is 17.1 Å². The number of aryl methyl sites for hydroxylation is 1. The van der Waals surface area contributed by atoms with Crippen molar-refractivity contribution in [3.8, 4) is 0 Å². The highest BCUT2D eigenvalue weighted by atomic mass is 16.4. The molecule has 4 nitrogen and oxygen atoms in total. The first-order valence-corrected chi connectivity index (χ1v) is 7.34. The highest BCUT2D eigenvalue weighted by Crippen LogP contribution is 2.45. The number of hydrogen-bond acceptors (Lipinski definition) is 3. The number of hydrogen-bond donors (Lipinski definition) is 2. The molecule has 3 atom stereocenters. The molecule has 112 valence electrons. The van der Waals surface area contributed by atoms with E-state index in [0.29, 0.717) is 18.5 Å². The van der Waals surface area contributed by atoms with E-state index in [1.54, 1.807) is 0 Å². The quantitative estimate of drug-likeness (QED) is 0.888. The third-order valence-electron chi connectivity index (χ3n) is 5.07. The average molecular weight is 279 g/mol. The van der Waals surface area contributed by atoms with Gasteiger partial charge >= 0.3 is 5.97 Å². The molecule has 0 bridgehead atoms. The first-order valence-electron chi connectivity index (χ1n) is 7.34. The summed E-state index contributed by atoms with van der Waals surface area (Å²) >= 11 is 0. The van der Waals surface area contributed by atoms with Crippen LogP contribution in [0.25, 0.3) is 0 Å². The van der Waals surface area contributed by atoms with E-state index >= 15 is 0 Å². The summed E-state index contributed by atoms with van der Waals surface area (Å²) in [5.74, 6) is 1.26. The average Bonchev–Trinajstić information content (AvgIpc) is 2.76. The minimum absolute atomic E-state index is 0.194. The van der Waals surface area contributed by atoms with Gasteiger partial charge in [-0.2, -0.15) is 0 Å². The molecule has 0 aromatic carbocycles. The van der Waals surface area contributed by atoms with Gasteiger partial charge in [-0.3, -0.25) is 4.79 Å². The van der Waals surface area contributed by atoms with Gasteiger partial charge in [-0.15, -0.1) is 0 Å². The van der Waals surface area contributed by atoms with Crippen LogP contribution in [0.5, 0.6) is 0 Å². The largest absolute Gasteiger partial charge is 0.481 e. The van der Waals surface area contributed by atoms with E-state index in [-0.39, 0.29) is 11.3 Å². The van der Waals surface area contributed by atoms with Crippen LogP contribution in [0.4, 0.5) is 0 Å². The predicted molar refractivity (Wildman–Crippen MR) is 77.4 cm³/mol. The fraction of sp³-hybridized carbons (Fsp3) is 0.688. The van der Waals surface area contributed by atoms with Crippen LogP contribution in [0.15, 0.2) is 16.5 Å². The van der Waals surface area contributed by atoms with Crippen LogP contribution in [-0.2, 0) is 11.3 Å². The zero-order valence-electron chi connectivity index (χ0n) is 12.8. The van der Waals surface area contributed by atoms with E-state index in [1.165, 1.54) is 0 Å². The lowest BCUT2D eigenvalue weighted by molar-refractivity contribution is -0.150. The standard InChI is InChI=1S/C16H25NO3/c1-10-5-6-12(20-10)9-17-14-8-7-13(15(18)19)16(3,4)11(14)2/h5-6,11,13-14,17H,7-9H2,1-4H3,(H,18,19). The van der Waals surface area contributed by atoms with Gasteiger partial charge < -0.3 is 14.8 Å². The normalized spacial score (nSPS) is 29.3. The molecule has 0 spiro atoms. The number of carboxylic acid groups (broad SMARTS) is 1. The Morgan fingerprint density at radius 2 is 2.15 bits per heavy atom. The molecule has 0 aliphatic heterocycles. The van der Waals surface area contributed by atoms with Crippen molar-refractivity contribution in [2.75, 3.05) is 0 Å². The van der Waals surface area contributed by atoms with Crippen molar-refractivity contribution in [2.45, 2.75) is 53.1 Å². The van der Waals surface area contributed by atoms with Crippen LogP contribution in [0.1, 0.15) is 45.1 Å². The van der Waals surface area contributed by atoms with Crippen LogP contribution >= 0.6 is 0 Å². The van der Waals surface area contributed by atoms with Gasteiger partial charge in [-0.25, -0.2) is 0 Å². The number of aliphatic carboxylic acids is 1. The Bertz CT molecular complexity index is 478. The second kappa shape index (κ2) is 5.60. The van der Waals surface area contributed by atoms with Crippen molar-refractivity contribution in [3.05, 3.63) is 23.7 Å². The minimum Gasteiger partial charge on any atom is -0.481 e. The Hall–Kier alpha value is -1.29. The lowest BCUT2D eigenvalue weighted by Gasteiger charge is -2.46. The summed E-state index contributed by atoms with van der Waals surface area (Å²) < 4.78 is 5.56. The second-order valence-corrected chi connectivity index (χ2v) is 6.58. The fourth-order valence-electron chi connectivity index (χ4n) is 3.34. The van der Waals surface area contributed by atoms with Gasteiger partial charge in [0.1, 0.15) is 11.5 Å². The summed E-state index contributed by atoms with van der Waals surface area (Å²) in [5.41, 5.74) is -0.194. The van der Waals surface area contributed by atoms with Crippen molar-refractivity contribution < 1.29 is 14.3 Å². The van der Waals surface area contributed by atoms with E-state index < -0.39 is 5.97 Å². The summed E-state index contributed by atoms with van der Waals surface area (Å²) in [6.07, 6.45) is 1.64. The van der Waals surface area contributed by atoms with Gasteiger partial charge in [0.2, 0.25) is 0 Å². The maximum atomic E-state index is 11.4. The third kappa shape index (κ3) is 2.90. The molecule has 2 rings (SSSR count). The van der Waals surface area contributed by atoms with Gasteiger partial charge in [-0.05, 0) is 43.2 Å². The Kier molecular flexibility index (Phi) is 4.23. The molecular weight excluding hydrogens is 254 g/mol. The van der Waals surface area contributed by atoms with E-state index in [2.05, 4.69) is 26.1 Å². The first-order chi connectivity index (χ1) is 9.32. The Labute approximate surface area is 120 Å². The van der Waals surface area contributed by atoms with Crippen LogP contribution in [0.2, 0.25) is 0 Å². The molecule has 3 unspecified atom stereocenters. The van der Waals surface area contributed by atoms with E-state index in [0.717, 1.165) is 24.4 Å². The Morgan fingerprint density at radius 1 is 1.45 bits per heavy atom. The molecule has 0 saturated heterocycles. The van der Waals surface area contributed by atoms with Crippen molar-refractivity contribution >= 4 is 5.97 Å². The van der Waals surface area contributed by atoms with E-state index in [4.69, 9.17) is 4.42 Å². The van der Waals surface area contributed by atoms with Gasteiger partial charge in [0.25, 0.3) is 0 Å². The summed E-state index contributed by atoms with van der Waals surface area (Å²) in [6.45, 7) is 8.94. The molecule has 1 aliphatic carbocycles. The van der Waals surface area contributed by atoms with Crippen molar-refractivity contribution in [2.24, 2.45) is 17.3 Å². The zero-order chi connectivity index (χ0) is 14.9. The van der Waals surface area contributed by atoms with Gasteiger partial charge in [0.15, 0.2) is 0 Å². The second-order valence-electron chi connectivity index (χ2n) is 6.58. The number of carbonyl (C=O) groups is 1. The molecule has 0 radical (unpaired) electrons. The summed E-state index contributed by atoms with van der Waals surface area (Å²) in [4.78, 5) is 11.4. The SMILES string of the molecule is Cc1ccc(CNC2CCC(C(=O)O)C(C)(C)C2C)o1. The molecule has 4 heteroatoms. The fourth-order valence-corrected chi connectivity index (χ4v) is 3.34. The number of rotatable bonds is 4. The van der Waals surface area contributed by atoms with Crippen molar-refractivity contribution in [3.63, 3.8) is 0 Å². The molecule has 1 saturated carbocycles. The number of carboxylic acids is 1. The molecular formula is C16H25NO3. The molecule has 1 aliphatic rings. The zero-order valence-corrected chi connectivity index (χ0v) is 12.8. The smallest absolute Gasteiger partial charge is 0.307 e. The monoisotopic (exact) mass is 279 g/mol. The minimum atomic E-state index is -0.665. The maximum absolute atomic E-state index is 11.4.